The molecular weight excluding hydrogens is 296 g/mol. The van der Waals surface area contributed by atoms with Crippen LogP contribution < -0.4 is 4.90 Å². The van der Waals surface area contributed by atoms with Gasteiger partial charge >= 0.3 is 6.03 Å². The maximum Gasteiger partial charge on any atom is 0.320 e. The van der Waals surface area contributed by atoms with Crippen molar-refractivity contribution in [2.45, 2.75) is 19.3 Å². The number of hydrogen-bond acceptors (Lipinski definition) is 4. The van der Waals surface area contributed by atoms with Crippen molar-refractivity contribution in [1.82, 2.24) is 9.80 Å². The molecule has 1 aromatic carbocycles. The largest absolute Gasteiger partial charge is 0.368 e. The summed E-state index contributed by atoms with van der Waals surface area (Å²) in [6, 6.07) is 6.77. The van der Waals surface area contributed by atoms with Gasteiger partial charge in [0.2, 0.25) is 0 Å². The summed E-state index contributed by atoms with van der Waals surface area (Å²) in [5, 5.41) is 10.7. The normalized spacial score (nSPS) is 18.9. The lowest BCUT2D eigenvalue weighted by Crippen LogP contribution is -2.53. The number of non-ortho nitro benzene ring substituents is 1. The van der Waals surface area contributed by atoms with Gasteiger partial charge in [0.1, 0.15) is 0 Å². The third kappa shape index (κ3) is 3.55. The lowest BCUT2D eigenvalue weighted by molar-refractivity contribution is -0.384. The zero-order chi connectivity index (χ0) is 16.2. The Bertz CT molecular complexity index is 561. The van der Waals surface area contributed by atoms with Crippen molar-refractivity contribution >= 4 is 17.4 Å². The number of anilines is 1. The van der Waals surface area contributed by atoms with Gasteiger partial charge in [0.15, 0.2) is 0 Å². The summed E-state index contributed by atoms with van der Waals surface area (Å²) in [6.45, 7) is 4.68. The highest BCUT2D eigenvalue weighted by Gasteiger charge is 2.26. The Morgan fingerprint density at radius 1 is 0.870 bits per heavy atom. The predicted molar refractivity (Wildman–Crippen MR) is 87.7 cm³/mol. The molecular formula is C16H22N4O3. The van der Waals surface area contributed by atoms with Crippen molar-refractivity contribution in [2.24, 2.45) is 0 Å². The first kappa shape index (κ1) is 15.6. The fourth-order valence-corrected chi connectivity index (χ4v) is 3.23. The first-order chi connectivity index (χ1) is 11.1. The van der Waals surface area contributed by atoms with Crippen molar-refractivity contribution < 1.29 is 9.72 Å². The van der Waals surface area contributed by atoms with Crippen LogP contribution in [-0.4, -0.2) is 60.0 Å². The maximum atomic E-state index is 12.5. The molecule has 0 spiro atoms. The maximum absolute atomic E-state index is 12.5. The highest BCUT2D eigenvalue weighted by molar-refractivity contribution is 5.75. The van der Waals surface area contributed by atoms with E-state index in [2.05, 4.69) is 4.90 Å². The van der Waals surface area contributed by atoms with E-state index in [1.807, 2.05) is 9.80 Å². The molecule has 2 amide bonds. The minimum Gasteiger partial charge on any atom is -0.368 e. The molecule has 2 aliphatic rings. The number of rotatable bonds is 2. The number of benzene rings is 1. The first-order valence-electron chi connectivity index (χ1n) is 8.18. The SMILES string of the molecule is O=C(N1CCCCC1)N1CCN(c2ccc([N+](=O)[O-])cc2)CC1. The number of amides is 2. The Balaban J connectivity index is 1.55. The second kappa shape index (κ2) is 6.85. The monoisotopic (exact) mass is 318 g/mol. The Labute approximate surface area is 135 Å². The fourth-order valence-electron chi connectivity index (χ4n) is 3.23. The lowest BCUT2D eigenvalue weighted by atomic mass is 10.1. The quantitative estimate of drug-likeness (QED) is 0.620. The van der Waals surface area contributed by atoms with Crippen LogP contribution in [-0.2, 0) is 0 Å². The number of nitrogens with zero attached hydrogens (tertiary/aromatic N) is 4. The van der Waals surface area contributed by atoms with E-state index in [-0.39, 0.29) is 16.6 Å². The van der Waals surface area contributed by atoms with Crippen LogP contribution in [0.1, 0.15) is 19.3 Å². The molecule has 2 aliphatic heterocycles. The van der Waals surface area contributed by atoms with Crippen LogP contribution in [0.2, 0.25) is 0 Å². The van der Waals surface area contributed by atoms with Gasteiger partial charge in [-0.25, -0.2) is 4.79 Å². The number of urea groups is 1. The minimum atomic E-state index is -0.390. The molecule has 1 aromatic rings. The van der Waals surface area contributed by atoms with Crippen molar-refractivity contribution in [3.8, 4) is 0 Å². The van der Waals surface area contributed by atoms with E-state index >= 15 is 0 Å². The van der Waals surface area contributed by atoms with Crippen LogP contribution in [0, 0.1) is 10.1 Å². The molecule has 3 rings (SSSR count). The van der Waals surface area contributed by atoms with Gasteiger partial charge in [-0.15, -0.1) is 0 Å². The second-order valence-electron chi connectivity index (χ2n) is 6.08. The van der Waals surface area contributed by atoms with Gasteiger partial charge in [0.25, 0.3) is 5.69 Å². The van der Waals surface area contributed by atoms with Gasteiger partial charge in [0, 0.05) is 57.1 Å². The molecule has 2 heterocycles. The van der Waals surface area contributed by atoms with Crippen molar-refractivity contribution in [2.75, 3.05) is 44.2 Å². The third-order valence-corrected chi connectivity index (χ3v) is 4.60. The van der Waals surface area contributed by atoms with E-state index in [9.17, 15) is 14.9 Å². The fraction of sp³-hybridized carbons (Fsp3) is 0.562. The molecule has 124 valence electrons. The van der Waals surface area contributed by atoms with E-state index in [4.69, 9.17) is 0 Å². The predicted octanol–water partition coefficient (Wildman–Crippen LogP) is 2.32. The zero-order valence-corrected chi connectivity index (χ0v) is 13.2. The van der Waals surface area contributed by atoms with Crippen molar-refractivity contribution in [1.29, 1.82) is 0 Å². The van der Waals surface area contributed by atoms with Crippen LogP contribution in [0.25, 0.3) is 0 Å². The van der Waals surface area contributed by atoms with Gasteiger partial charge in [-0.3, -0.25) is 10.1 Å². The Morgan fingerprint density at radius 2 is 1.43 bits per heavy atom. The molecule has 2 fully saturated rings. The van der Waals surface area contributed by atoms with Crippen LogP contribution in [0.3, 0.4) is 0 Å². The summed E-state index contributed by atoms with van der Waals surface area (Å²) >= 11 is 0. The smallest absolute Gasteiger partial charge is 0.320 e. The molecule has 0 atom stereocenters. The number of likely N-dealkylation sites (tertiary alicyclic amines) is 1. The van der Waals surface area contributed by atoms with Crippen LogP contribution >= 0.6 is 0 Å². The van der Waals surface area contributed by atoms with E-state index in [1.54, 1.807) is 12.1 Å². The Morgan fingerprint density at radius 3 is 2.00 bits per heavy atom. The Kier molecular flexibility index (Phi) is 4.64. The molecule has 0 bridgehead atoms. The molecule has 7 heteroatoms. The molecule has 0 unspecified atom stereocenters. The number of nitro groups is 1. The number of hydrogen-bond donors (Lipinski definition) is 0. The van der Waals surface area contributed by atoms with E-state index in [0.29, 0.717) is 13.1 Å². The number of nitro benzene ring substituents is 1. The summed E-state index contributed by atoms with van der Waals surface area (Å²) in [6.07, 6.45) is 3.43. The lowest BCUT2D eigenvalue weighted by Gasteiger charge is -2.39. The van der Waals surface area contributed by atoms with Crippen LogP contribution in [0.4, 0.5) is 16.2 Å². The van der Waals surface area contributed by atoms with Crippen LogP contribution in [0.15, 0.2) is 24.3 Å². The molecule has 0 aromatic heterocycles. The molecule has 2 saturated heterocycles. The number of carbonyl (C=O) groups is 1. The molecule has 0 saturated carbocycles. The van der Waals surface area contributed by atoms with Gasteiger partial charge in [-0.05, 0) is 31.4 Å². The summed E-state index contributed by atoms with van der Waals surface area (Å²) in [4.78, 5) is 28.8. The average Bonchev–Trinajstić information content (AvgIpc) is 2.62. The standard InChI is InChI=1S/C16H22N4O3/c21-16(18-8-2-1-3-9-18)19-12-10-17(11-13-19)14-4-6-15(7-5-14)20(22)23/h4-7H,1-3,8-13H2. The summed E-state index contributed by atoms with van der Waals surface area (Å²) in [5.41, 5.74) is 1.08. The zero-order valence-electron chi connectivity index (χ0n) is 13.2. The number of piperidine rings is 1. The average molecular weight is 318 g/mol. The summed E-state index contributed by atoms with van der Waals surface area (Å²) in [7, 11) is 0. The van der Waals surface area contributed by atoms with E-state index in [0.717, 1.165) is 44.7 Å². The Hall–Kier alpha value is -2.31. The highest BCUT2D eigenvalue weighted by atomic mass is 16.6. The van der Waals surface area contributed by atoms with Crippen LogP contribution in [0.5, 0.6) is 0 Å². The molecule has 0 radical (unpaired) electrons. The molecule has 0 aliphatic carbocycles. The second-order valence-corrected chi connectivity index (χ2v) is 6.08. The highest BCUT2D eigenvalue weighted by Crippen LogP contribution is 2.21. The molecule has 23 heavy (non-hydrogen) atoms. The van der Waals surface area contributed by atoms with Crippen molar-refractivity contribution in [3.63, 3.8) is 0 Å². The first-order valence-corrected chi connectivity index (χ1v) is 8.18. The van der Waals surface area contributed by atoms with E-state index < -0.39 is 0 Å². The topological polar surface area (TPSA) is 69.9 Å². The molecule has 7 nitrogen and oxygen atoms in total. The summed E-state index contributed by atoms with van der Waals surface area (Å²) < 4.78 is 0. The minimum absolute atomic E-state index is 0.104. The van der Waals surface area contributed by atoms with Gasteiger partial charge in [-0.2, -0.15) is 0 Å². The number of carbonyl (C=O) groups excluding carboxylic acids is 1. The number of piperazine rings is 1. The summed E-state index contributed by atoms with van der Waals surface area (Å²) in [5.74, 6) is 0. The van der Waals surface area contributed by atoms with Gasteiger partial charge in [-0.1, -0.05) is 0 Å². The van der Waals surface area contributed by atoms with Gasteiger partial charge < -0.3 is 14.7 Å². The molecule has 0 N–H and O–H groups in total. The van der Waals surface area contributed by atoms with E-state index in [1.165, 1.54) is 18.6 Å². The van der Waals surface area contributed by atoms with Crippen molar-refractivity contribution in [3.05, 3.63) is 34.4 Å². The third-order valence-electron chi connectivity index (χ3n) is 4.60. The van der Waals surface area contributed by atoms with Gasteiger partial charge in [0.05, 0.1) is 4.92 Å².